The molecule has 0 spiro atoms. The molecule has 2 aliphatic carbocycles. The number of rotatable bonds is 23. The minimum absolute atomic E-state index is 0.00541. The molecule has 34 heteroatoms. The van der Waals surface area contributed by atoms with Crippen LogP contribution in [0.25, 0.3) is 21.8 Å². The second-order valence-electron chi connectivity index (χ2n) is 27.7. The molecule has 4 unspecified atom stereocenters. The maximum atomic E-state index is 16.6. The third-order valence-electron chi connectivity index (χ3n) is 20.6. The van der Waals surface area contributed by atoms with Crippen LogP contribution in [0.3, 0.4) is 0 Å². The fourth-order valence-corrected chi connectivity index (χ4v) is 15.2. The van der Waals surface area contributed by atoms with Gasteiger partial charge in [-0.15, -0.1) is 0 Å². The number of nitrogens with one attached hydrogen (secondary N) is 3. The van der Waals surface area contributed by atoms with Crippen molar-refractivity contribution in [2.45, 2.75) is 150 Å². The average molecular weight is 1550 g/mol. The molecular weight excluding hydrogens is 1460 g/mol. The molecule has 6 fully saturated rings. The molecule has 2 aromatic heterocycles. The molecular formula is C71H84Cl4F2N10O18. The molecule has 4 saturated heterocycles. The summed E-state index contributed by atoms with van der Waals surface area (Å²) >= 11 is 23.2. The summed E-state index contributed by atoms with van der Waals surface area (Å²) in [6.45, 7) is 12.2. The molecule has 2 saturated carbocycles. The van der Waals surface area contributed by atoms with E-state index in [0.29, 0.717) is 83.1 Å². The van der Waals surface area contributed by atoms with Gasteiger partial charge in [0.15, 0.2) is 31.8 Å². The van der Waals surface area contributed by atoms with Gasteiger partial charge in [-0.25, -0.2) is 18.4 Å². The summed E-state index contributed by atoms with van der Waals surface area (Å²) in [4.78, 5) is 102. The Morgan fingerprint density at radius 3 is 1.47 bits per heavy atom. The Hall–Kier alpha value is -8.04. The molecule has 4 aliphatic heterocycles. The van der Waals surface area contributed by atoms with Gasteiger partial charge in [0.05, 0.1) is 77.9 Å². The van der Waals surface area contributed by atoms with E-state index in [4.69, 9.17) is 60.6 Å². The lowest BCUT2D eigenvalue weighted by Gasteiger charge is -2.37. The number of nitro groups is 2. The summed E-state index contributed by atoms with van der Waals surface area (Å²) in [6, 6.07) is 8.61. The SMILES string of the molecule is CC(Cl)(Cl)C(=O)N[C@H](CO)[C@H](O)c1ccc([N+](=O)[O-])cc1.COc1c(N2CC3CCCN(COC[C@@H](NC(=O)C(C)(Cl)Cl)[C@H](O)c4ccc([N+](=O)[O-])cc4)C3C2)c(F)c(C)c2c(=O)c(C(=O)O)c(C)n(C3CC3)c12.COc1c(N2CC3CCCNC3C2)c(F)c(C)c2c(=O)c(C(=O)O)c(C)n(C3CC3)c12. The third kappa shape index (κ3) is 16.4. The first-order valence-corrected chi connectivity index (χ1v) is 35.8. The molecule has 28 nitrogen and oxygen atoms in total. The van der Waals surface area contributed by atoms with Crippen molar-refractivity contribution < 1.29 is 77.5 Å². The summed E-state index contributed by atoms with van der Waals surface area (Å²) in [6.07, 6.45) is 4.73. The van der Waals surface area contributed by atoms with Gasteiger partial charge in [0, 0.05) is 104 Å². The van der Waals surface area contributed by atoms with Crippen LogP contribution >= 0.6 is 46.4 Å². The van der Waals surface area contributed by atoms with Gasteiger partial charge in [0.1, 0.15) is 34.7 Å². The number of ether oxygens (including phenoxy) is 3. The van der Waals surface area contributed by atoms with Crippen LogP contribution in [0.2, 0.25) is 0 Å². The number of aromatic nitrogens is 2. The Balaban J connectivity index is 0.000000191. The number of carboxylic acids is 2. The summed E-state index contributed by atoms with van der Waals surface area (Å²) in [5.41, 5.74) is 0.777. The maximum Gasteiger partial charge on any atom is 0.341 e. The zero-order chi connectivity index (χ0) is 76.7. The molecule has 2 amide bonds. The fraction of sp³-hybridized carbons (Fsp3) is 0.521. The minimum atomic E-state index is -1.80. The van der Waals surface area contributed by atoms with Crippen molar-refractivity contribution in [3.63, 3.8) is 0 Å². The number of carbonyl (C=O) groups is 4. The number of non-ortho nitro benzene ring substituents is 2. The van der Waals surface area contributed by atoms with Crippen LogP contribution < -0.4 is 46.1 Å². The van der Waals surface area contributed by atoms with Gasteiger partial charge in [-0.05, 0) is 147 Å². The highest BCUT2D eigenvalue weighted by molar-refractivity contribution is 6.58. The van der Waals surface area contributed by atoms with Gasteiger partial charge in [-0.3, -0.25) is 44.3 Å². The highest BCUT2D eigenvalue weighted by Crippen LogP contribution is 2.50. The summed E-state index contributed by atoms with van der Waals surface area (Å²) in [7, 11) is 2.92. The van der Waals surface area contributed by atoms with Gasteiger partial charge in [-0.2, -0.15) is 0 Å². The summed E-state index contributed by atoms with van der Waals surface area (Å²) in [5, 5.41) is 80.5. The Morgan fingerprint density at radius 1 is 0.648 bits per heavy atom. The first-order chi connectivity index (χ1) is 49.6. The number of anilines is 2. The van der Waals surface area contributed by atoms with Crippen molar-refractivity contribution in [3.8, 4) is 11.5 Å². The molecule has 4 aromatic carbocycles. The van der Waals surface area contributed by atoms with Gasteiger partial charge in [0.25, 0.3) is 23.2 Å². The molecule has 8 atom stereocenters. The number of amides is 2. The Labute approximate surface area is 621 Å². The molecule has 568 valence electrons. The molecule has 0 radical (unpaired) electrons. The van der Waals surface area contributed by atoms with Gasteiger partial charge in [-0.1, -0.05) is 46.4 Å². The van der Waals surface area contributed by atoms with Crippen molar-refractivity contribution >= 4 is 115 Å². The minimum Gasteiger partial charge on any atom is -0.492 e. The number of carboxylic acid groups (broad SMARTS) is 2. The number of pyridine rings is 2. The lowest BCUT2D eigenvalue weighted by atomic mass is 9.92. The van der Waals surface area contributed by atoms with Gasteiger partial charge in [0.2, 0.25) is 10.9 Å². The molecule has 8 N–H and O–H groups in total. The number of aliphatic hydroxyl groups is 3. The first-order valence-electron chi connectivity index (χ1n) is 34.3. The fourth-order valence-electron chi connectivity index (χ4n) is 15.0. The molecule has 105 heavy (non-hydrogen) atoms. The zero-order valence-corrected chi connectivity index (χ0v) is 61.9. The van der Waals surface area contributed by atoms with E-state index >= 15 is 8.78 Å². The maximum absolute atomic E-state index is 16.6. The number of likely N-dealkylation sites (tertiary alicyclic amines) is 1. The first kappa shape index (κ1) is 79.5. The van der Waals surface area contributed by atoms with Crippen molar-refractivity contribution in [1.29, 1.82) is 0 Å². The molecule has 6 aromatic rings. The van der Waals surface area contributed by atoms with E-state index in [1.165, 1.54) is 83.5 Å². The quantitative estimate of drug-likeness (QED) is 0.0168. The third-order valence-corrected chi connectivity index (χ3v) is 21.3. The van der Waals surface area contributed by atoms with Crippen molar-refractivity contribution in [1.82, 2.24) is 30.0 Å². The van der Waals surface area contributed by atoms with Gasteiger partial charge < -0.3 is 74.6 Å². The van der Waals surface area contributed by atoms with Crippen LogP contribution in [0, 0.1) is 71.4 Å². The van der Waals surface area contributed by atoms with E-state index in [-0.39, 0.29) is 93.2 Å². The number of nitro benzene ring substituents is 2. The predicted molar refractivity (Wildman–Crippen MR) is 389 cm³/mol. The predicted octanol–water partition coefficient (Wildman–Crippen LogP) is 9.28. The van der Waals surface area contributed by atoms with Crippen molar-refractivity contribution in [3.05, 3.63) is 146 Å². The van der Waals surface area contributed by atoms with Crippen molar-refractivity contribution in [2.24, 2.45) is 11.8 Å². The number of halogens is 6. The topological polar surface area (TPSA) is 373 Å². The molecule has 0 bridgehead atoms. The van der Waals surface area contributed by atoms with Crippen LogP contribution in [0.15, 0.2) is 58.1 Å². The monoisotopic (exact) mass is 1540 g/mol. The largest absolute Gasteiger partial charge is 0.492 e. The Morgan fingerprint density at radius 2 is 1.07 bits per heavy atom. The van der Waals surface area contributed by atoms with Crippen LogP contribution in [0.5, 0.6) is 11.5 Å². The van der Waals surface area contributed by atoms with E-state index in [1.807, 2.05) is 18.9 Å². The van der Waals surface area contributed by atoms with E-state index in [2.05, 4.69) is 20.9 Å². The summed E-state index contributed by atoms with van der Waals surface area (Å²) in [5.74, 6) is -4.20. The Kier molecular flexibility index (Phi) is 24.4. The van der Waals surface area contributed by atoms with Crippen LogP contribution in [0.1, 0.15) is 144 Å². The number of methoxy groups -OCH3 is 2. The van der Waals surface area contributed by atoms with Crippen LogP contribution in [0.4, 0.5) is 31.5 Å². The number of hydrogen-bond donors (Lipinski definition) is 8. The lowest BCUT2D eigenvalue weighted by molar-refractivity contribution is -0.385. The number of nitrogens with zero attached hydrogens (tertiary/aromatic N) is 7. The number of piperidine rings is 2. The number of hydrogen-bond acceptors (Lipinski definition) is 20. The standard InChI is InChI=1S/C36H42Cl2FN5O9.C23H28FN3O4.C12H14Cl2N2O5/c1-18-26-29(43(22-11-12-22)19(2)27(32(26)46)34(47)48)33(52-4)30(28(18)39)42-14-21-6-5-13-41(25(21)15-42)17-53-16-24(40-35(49)36(3,37)38)31(45)20-7-9-23(10-8-20)44(50)51;1-11-16-19(27(14-6-7-14)12(2)17(21(16)28)23(29)30)22(31-3)20(18(11)24)26-9-13-5-4-8-25-15(13)10-26;1-12(13,14)11(19)15-9(6-17)10(18)7-2-4-8(5-3-7)16(20)21/h7-10,21-22,24-25,31,45H,5-6,11-17H2,1-4H3,(H,40,49)(H,47,48);13-15,25H,4-10H2,1-3H3,(H,29,30);2-5,9-10,17-18H,6H2,1H3,(H,15,19)/t21?,24-,25?,31-;;9-,10-/m1.1/s1. The average Bonchev–Trinajstić information content (AvgIpc) is 1.69. The number of aliphatic hydroxyl groups excluding tert-OH is 3. The number of alkyl halides is 4. The second-order valence-corrected chi connectivity index (χ2v) is 31.2. The molecule has 12 rings (SSSR count). The van der Waals surface area contributed by atoms with E-state index in [1.54, 1.807) is 20.8 Å². The number of aromatic carboxylic acids is 2. The van der Waals surface area contributed by atoms with E-state index in [0.717, 1.165) is 64.5 Å². The highest BCUT2D eigenvalue weighted by atomic mass is 35.5. The normalized spacial score (nSPS) is 20.0. The van der Waals surface area contributed by atoms with E-state index in [9.17, 15) is 74.5 Å². The van der Waals surface area contributed by atoms with Crippen molar-refractivity contribution in [2.75, 3.05) is 83.2 Å². The zero-order valence-electron chi connectivity index (χ0n) is 58.9. The Bertz CT molecular complexity index is 4480. The van der Waals surface area contributed by atoms with E-state index < -0.39 is 95.7 Å². The van der Waals surface area contributed by atoms with Crippen LogP contribution in [-0.2, 0) is 14.3 Å². The number of fused-ring (bicyclic) bond motifs is 4. The smallest absolute Gasteiger partial charge is 0.341 e. The number of carbonyl (C=O) groups excluding carboxylic acids is 2. The molecule has 6 aliphatic rings. The lowest BCUT2D eigenvalue weighted by Crippen LogP contribution is -2.49. The number of benzene rings is 4. The van der Waals surface area contributed by atoms with Crippen LogP contribution in [-0.4, -0.2) is 179 Å². The second kappa shape index (κ2) is 32.2. The van der Waals surface area contributed by atoms with Gasteiger partial charge >= 0.3 is 11.9 Å². The number of aryl methyl sites for hydroxylation is 2. The summed E-state index contributed by atoms with van der Waals surface area (Å²) < 4.78 is 50.4. The molecule has 6 heterocycles. The highest BCUT2D eigenvalue weighted by Gasteiger charge is 2.45.